The fraction of sp³-hybridized carbons (Fsp3) is 0.440. The SMILES string of the molecule is OCCC1=CC(c2ccc(OCCC3CCCCCN3)cc2)Oc2ccccc21. The molecule has 2 aliphatic heterocycles. The maximum atomic E-state index is 9.43. The molecule has 2 aliphatic rings. The highest BCUT2D eigenvalue weighted by Gasteiger charge is 2.21. The average molecular weight is 394 g/mol. The smallest absolute Gasteiger partial charge is 0.143 e. The summed E-state index contributed by atoms with van der Waals surface area (Å²) in [6.45, 7) is 2.01. The number of fused-ring (bicyclic) bond motifs is 1. The van der Waals surface area contributed by atoms with Gasteiger partial charge in [0.1, 0.15) is 17.6 Å². The van der Waals surface area contributed by atoms with Crippen molar-refractivity contribution in [3.05, 3.63) is 65.7 Å². The summed E-state index contributed by atoms with van der Waals surface area (Å²) < 4.78 is 12.2. The van der Waals surface area contributed by atoms with Gasteiger partial charge >= 0.3 is 0 Å². The Kier molecular flexibility index (Phi) is 6.86. The van der Waals surface area contributed by atoms with Gasteiger partial charge in [0.15, 0.2) is 0 Å². The lowest BCUT2D eigenvalue weighted by atomic mass is 9.95. The molecule has 4 nitrogen and oxygen atoms in total. The number of aliphatic hydroxyl groups is 1. The van der Waals surface area contributed by atoms with E-state index in [0.29, 0.717) is 12.5 Å². The topological polar surface area (TPSA) is 50.7 Å². The fourth-order valence-electron chi connectivity index (χ4n) is 4.20. The predicted molar refractivity (Wildman–Crippen MR) is 116 cm³/mol. The molecular formula is C25H31NO3. The van der Waals surface area contributed by atoms with Crippen LogP contribution >= 0.6 is 0 Å². The van der Waals surface area contributed by atoms with Crippen LogP contribution in [-0.4, -0.2) is 30.9 Å². The van der Waals surface area contributed by atoms with Crippen molar-refractivity contribution in [1.29, 1.82) is 0 Å². The van der Waals surface area contributed by atoms with Crippen LogP contribution < -0.4 is 14.8 Å². The zero-order valence-electron chi connectivity index (χ0n) is 17.0. The second-order valence-corrected chi connectivity index (χ2v) is 7.91. The molecule has 29 heavy (non-hydrogen) atoms. The molecule has 0 saturated carbocycles. The molecule has 0 amide bonds. The van der Waals surface area contributed by atoms with Gasteiger partial charge in [0, 0.05) is 18.2 Å². The number of rotatable bonds is 7. The highest BCUT2D eigenvalue weighted by molar-refractivity contribution is 5.73. The van der Waals surface area contributed by atoms with Crippen molar-refractivity contribution in [3.63, 3.8) is 0 Å². The Hall–Kier alpha value is -2.30. The third kappa shape index (κ3) is 5.20. The van der Waals surface area contributed by atoms with Crippen LogP contribution in [0, 0.1) is 0 Å². The van der Waals surface area contributed by atoms with Gasteiger partial charge in [-0.3, -0.25) is 0 Å². The summed E-state index contributed by atoms with van der Waals surface area (Å²) in [4.78, 5) is 0. The summed E-state index contributed by atoms with van der Waals surface area (Å²) in [5.74, 6) is 1.78. The molecule has 0 spiro atoms. The van der Waals surface area contributed by atoms with E-state index in [9.17, 15) is 5.11 Å². The van der Waals surface area contributed by atoms with Gasteiger partial charge in [-0.05, 0) is 67.6 Å². The number of nitrogens with one attached hydrogen (secondary N) is 1. The van der Waals surface area contributed by atoms with Crippen molar-refractivity contribution < 1.29 is 14.6 Å². The number of aliphatic hydroxyl groups excluding tert-OH is 1. The number of hydrogen-bond acceptors (Lipinski definition) is 4. The Morgan fingerprint density at radius 2 is 1.90 bits per heavy atom. The molecule has 2 aromatic carbocycles. The third-order valence-corrected chi connectivity index (χ3v) is 5.83. The summed E-state index contributed by atoms with van der Waals surface area (Å²) in [5.41, 5.74) is 3.30. The molecule has 2 N–H and O–H groups in total. The molecule has 4 rings (SSSR count). The number of benzene rings is 2. The van der Waals surface area contributed by atoms with Crippen LogP contribution in [0.2, 0.25) is 0 Å². The molecular weight excluding hydrogens is 362 g/mol. The van der Waals surface area contributed by atoms with Gasteiger partial charge in [-0.1, -0.05) is 43.2 Å². The lowest BCUT2D eigenvalue weighted by Crippen LogP contribution is -2.29. The molecule has 4 heteroatoms. The van der Waals surface area contributed by atoms with Gasteiger partial charge < -0.3 is 19.9 Å². The number of para-hydroxylation sites is 1. The standard InChI is InChI=1S/C25H31NO3/c27-16-13-20-18-25(29-24-8-4-3-7-23(20)24)19-9-11-22(12-10-19)28-17-14-21-6-2-1-5-15-26-21/h3-4,7-12,18,21,25-27H,1-2,5-6,13-17H2. The quantitative estimate of drug-likeness (QED) is 0.703. The highest BCUT2D eigenvalue weighted by Crippen LogP contribution is 2.38. The van der Waals surface area contributed by atoms with E-state index in [1.807, 2.05) is 36.4 Å². The average Bonchev–Trinajstić information content (AvgIpc) is 3.03. The first-order valence-corrected chi connectivity index (χ1v) is 10.9. The van der Waals surface area contributed by atoms with E-state index in [0.717, 1.165) is 47.8 Å². The summed E-state index contributed by atoms with van der Waals surface area (Å²) >= 11 is 0. The Morgan fingerprint density at radius 1 is 1.03 bits per heavy atom. The van der Waals surface area contributed by atoms with E-state index in [1.165, 1.54) is 25.7 Å². The molecule has 1 saturated heterocycles. The summed E-state index contributed by atoms with van der Waals surface area (Å²) in [7, 11) is 0. The lowest BCUT2D eigenvalue weighted by Gasteiger charge is -2.26. The van der Waals surface area contributed by atoms with Crippen LogP contribution in [0.15, 0.2) is 54.6 Å². The van der Waals surface area contributed by atoms with Crippen LogP contribution in [0.4, 0.5) is 0 Å². The van der Waals surface area contributed by atoms with Crippen molar-refractivity contribution in [3.8, 4) is 11.5 Å². The number of hydrogen-bond donors (Lipinski definition) is 2. The molecule has 1 fully saturated rings. The molecule has 154 valence electrons. The van der Waals surface area contributed by atoms with E-state index < -0.39 is 0 Å². The second kappa shape index (κ2) is 9.95. The van der Waals surface area contributed by atoms with Gasteiger partial charge in [-0.2, -0.15) is 0 Å². The van der Waals surface area contributed by atoms with Crippen molar-refractivity contribution in [2.75, 3.05) is 19.8 Å². The Bertz CT molecular complexity index is 807. The normalized spacial score (nSPS) is 21.5. The molecule has 2 atom stereocenters. The minimum Gasteiger partial charge on any atom is -0.494 e. The zero-order valence-corrected chi connectivity index (χ0v) is 17.0. The maximum Gasteiger partial charge on any atom is 0.143 e. The Labute approximate surface area is 173 Å². The van der Waals surface area contributed by atoms with Crippen molar-refractivity contribution >= 4 is 5.57 Å². The minimum atomic E-state index is -0.143. The highest BCUT2D eigenvalue weighted by atomic mass is 16.5. The van der Waals surface area contributed by atoms with Crippen LogP contribution in [0.25, 0.3) is 5.57 Å². The van der Waals surface area contributed by atoms with Gasteiger partial charge in [-0.15, -0.1) is 0 Å². The van der Waals surface area contributed by atoms with E-state index in [-0.39, 0.29) is 12.7 Å². The first-order valence-electron chi connectivity index (χ1n) is 10.9. The van der Waals surface area contributed by atoms with E-state index in [4.69, 9.17) is 9.47 Å². The van der Waals surface area contributed by atoms with Crippen LogP contribution in [-0.2, 0) is 0 Å². The van der Waals surface area contributed by atoms with Gasteiger partial charge in [0.25, 0.3) is 0 Å². The van der Waals surface area contributed by atoms with Crippen molar-refractivity contribution in [2.24, 2.45) is 0 Å². The summed E-state index contributed by atoms with van der Waals surface area (Å²) in [6, 6.07) is 16.8. The van der Waals surface area contributed by atoms with Crippen molar-refractivity contribution in [2.45, 2.75) is 50.7 Å². The van der Waals surface area contributed by atoms with Crippen LogP contribution in [0.3, 0.4) is 0 Å². The fourth-order valence-corrected chi connectivity index (χ4v) is 4.20. The molecule has 0 aromatic heterocycles. The predicted octanol–water partition coefficient (Wildman–Crippen LogP) is 4.89. The van der Waals surface area contributed by atoms with Gasteiger partial charge in [-0.25, -0.2) is 0 Å². The molecule has 2 unspecified atom stereocenters. The first-order chi connectivity index (χ1) is 14.3. The molecule has 0 aliphatic carbocycles. The van der Waals surface area contributed by atoms with E-state index in [1.54, 1.807) is 0 Å². The largest absolute Gasteiger partial charge is 0.494 e. The maximum absolute atomic E-state index is 9.43. The third-order valence-electron chi connectivity index (χ3n) is 5.83. The van der Waals surface area contributed by atoms with Crippen LogP contribution in [0.5, 0.6) is 11.5 Å². The second-order valence-electron chi connectivity index (χ2n) is 7.91. The summed E-state index contributed by atoms with van der Waals surface area (Å²) in [5, 5.41) is 13.0. The number of ether oxygens (including phenoxy) is 2. The van der Waals surface area contributed by atoms with Crippen LogP contribution in [0.1, 0.15) is 55.8 Å². The molecule has 2 aromatic rings. The Balaban J connectivity index is 1.37. The zero-order chi connectivity index (χ0) is 19.9. The van der Waals surface area contributed by atoms with Gasteiger partial charge in [0.2, 0.25) is 0 Å². The monoisotopic (exact) mass is 393 g/mol. The molecule has 0 bridgehead atoms. The lowest BCUT2D eigenvalue weighted by molar-refractivity contribution is 0.248. The summed E-state index contributed by atoms with van der Waals surface area (Å²) in [6.07, 6.45) is 8.87. The van der Waals surface area contributed by atoms with E-state index in [2.05, 4.69) is 23.5 Å². The van der Waals surface area contributed by atoms with E-state index >= 15 is 0 Å². The first kappa shape index (κ1) is 20.0. The minimum absolute atomic E-state index is 0.134. The Morgan fingerprint density at radius 3 is 2.76 bits per heavy atom. The molecule has 2 heterocycles. The molecule has 0 radical (unpaired) electrons. The van der Waals surface area contributed by atoms with Crippen molar-refractivity contribution in [1.82, 2.24) is 5.32 Å². The van der Waals surface area contributed by atoms with Gasteiger partial charge in [0.05, 0.1) is 6.61 Å².